The monoisotopic (exact) mass is 341 g/mol. The number of hydrogen-bond donors (Lipinski definition) is 1. The van der Waals surface area contributed by atoms with Crippen molar-refractivity contribution in [1.82, 2.24) is 5.32 Å². The van der Waals surface area contributed by atoms with Gasteiger partial charge in [-0.15, -0.1) is 0 Å². The predicted molar refractivity (Wildman–Crippen MR) is 100 cm³/mol. The molecule has 0 spiro atoms. The van der Waals surface area contributed by atoms with Crippen LogP contribution in [0, 0.1) is 13.8 Å². The standard InChI is InChI=1S/C21H27NO3/c1-15-11-12-19(14-16(15)2)25-17(3)21(23)22-13-7-9-18-8-5-6-10-20(18)24-4/h5-6,8,10-12,14,17H,7,9,13H2,1-4H3,(H,22,23)/t17-/m1/s1. The summed E-state index contributed by atoms with van der Waals surface area (Å²) in [6.07, 6.45) is 1.19. The van der Waals surface area contributed by atoms with Gasteiger partial charge >= 0.3 is 0 Å². The van der Waals surface area contributed by atoms with Crippen LogP contribution in [0.25, 0.3) is 0 Å². The van der Waals surface area contributed by atoms with Gasteiger partial charge in [-0.05, 0) is 68.5 Å². The molecule has 0 saturated carbocycles. The highest BCUT2D eigenvalue weighted by molar-refractivity contribution is 5.80. The quantitative estimate of drug-likeness (QED) is 0.742. The number of ether oxygens (including phenoxy) is 2. The third kappa shape index (κ3) is 5.52. The summed E-state index contributed by atoms with van der Waals surface area (Å²) in [7, 11) is 1.67. The summed E-state index contributed by atoms with van der Waals surface area (Å²) in [5, 5.41) is 2.93. The van der Waals surface area contributed by atoms with Gasteiger partial charge in [-0.25, -0.2) is 0 Å². The molecule has 2 rings (SSSR count). The Kier molecular flexibility index (Phi) is 6.87. The zero-order chi connectivity index (χ0) is 18.2. The van der Waals surface area contributed by atoms with E-state index in [2.05, 4.69) is 12.2 Å². The van der Waals surface area contributed by atoms with E-state index in [4.69, 9.17) is 9.47 Å². The van der Waals surface area contributed by atoms with Crippen molar-refractivity contribution in [3.63, 3.8) is 0 Å². The SMILES string of the molecule is COc1ccccc1CCCNC(=O)[C@@H](C)Oc1ccc(C)c(C)c1. The second-order valence-electron chi connectivity index (χ2n) is 6.21. The van der Waals surface area contributed by atoms with Crippen molar-refractivity contribution in [2.75, 3.05) is 13.7 Å². The Morgan fingerprint density at radius 2 is 1.88 bits per heavy atom. The molecule has 1 amide bonds. The molecule has 0 unspecified atom stereocenters. The van der Waals surface area contributed by atoms with Crippen LogP contribution in [0.5, 0.6) is 11.5 Å². The zero-order valence-corrected chi connectivity index (χ0v) is 15.5. The second-order valence-corrected chi connectivity index (χ2v) is 6.21. The summed E-state index contributed by atoms with van der Waals surface area (Å²) in [5.74, 6) is 1.51. The Hall–Kier alpha value is -2.49. The van der Waals surface area contributed by atoms with Gasteiger partial charge in [0.25, 0.3) is 5.91 Å². The number of nitrogens with one attached hydrogen (secondary N) is 1. The van der Waals surface area contributed by atoms with E-state index in [9.17, 15) is 4.79 Å². The van der Waals surface area contributed by atoms with Gasteiger partial charge in [-0.1, -0.05) is 24.3 Å². The van der Waals surface area contributed by atoms with Crippen LogP contribution in [0.1, 0.15) is 30.0 Å². The van der Waals surface area contributed by atoms with E-state index < -0.39 is 6.10 Å². The van der Waals surface area contributed by atoms with Crippen molar-refractivity contribution < 1.29 is 14.3 Å². The van der Waals surface area contributed by atoms with Gasteiger partial charge in [-0.2, -0.15) is 0 Å². The molecule has 25 heavy (non-hydrogen) atoms. The molecule has 1 N–H and O–H groups in total. The lowest BCUT2D eigenvalue weighted by Gasteiger charge is -2.15. The minimum Gasteiger partial charge on any atom is -0.496 e. The van der Waals surface area contributed by atoms with Crippen molar-refractivity contribution in [1.29, 1.82) is 0 Å². The minimum atomic E-state index is -0.520. The lowest BCUT2D eigenvalue weighted by Crippen LogP contribution is -2.36. The number of carbonyl (C=O) groups is 1. The lowest BCUT2D eigenvalue weighted by atomic mass is 10.1. The largest absolute Gasteiger partial charge is 0.496 e. The summed E-state index contributed by atoms with van der Waals surface area (Å²) in [6, 6.07) is 13.8. The van der Waals surface area contributed by atoms with E-state index in [1.165, 1.54) is 5.56 Å². The Balaban J connectivity index is 1.76. The Morgan fingerprint density at radius 1 is 1.12 bits per heavy atom. The third-order valence-corrected chi connectivity index (χ3v) is 4.28. The van der Waals surface area contributed by atoms with Crippen molar-refractivity contribution in [2.24, 2.45) is 0 Å². The van der Waals surface area contributed by atoms with Crippen molar-refractivity contribution >= 4 is 5.91 Å². The van der Waals surface area contributed by atoms with Gasteiger partial charge < -0.3 is 14.8 Å². The van der Waals surface area contributed by atoms with Gasteiger partial charge in [-0.3, -0.25) is 4.79 Å². The van der Waals surface area contributed by atoms with Crippen molar-refractivity contribution in [2.45, 2.75) is 39.7 Å². The van der Waals surface area contributed by atoms with Crippen LogP contribution in [0.15, 0.2) is 42.5 Å². The molecule has 0 fully saturated rings. The fraction of sp³-hybridized carbons (Fsp3) is 0.381. The molecule has 1 atom stereocenters. The highest BCUT2D eigenvalue weighted by Crippen LogP contribution is 2.19. The Bertz CT molecular complexity index is 712. The van der Waals surface area contributed by atoms with Crippen LogP contribution < -0.4 is 14.8 Å². The molecule has 134 valence electrons. The average molecular weight is 341 g/mol. The molecule has 2 aromatic rings. The lowest BCUT2D eigenvalue weighted by molar-refractivity contribution is -0.127. The topological polar surface area (TPSA) is 47.6 Å². The van der Waals surface area contributed by atoms with Crippen LogP contribution in [0.2, 0.25) is 0 Å². The summed E-state index contributed by atoms with van der Waals surface area (Å²) in [6.45, 7) is 6.46. The first-order valence-electron chi connectivity index (χ1n) is 8.64. The maximum absolute atomic E-state index is 12.2. The number of amides is 1. The maximum Gasteiger partial charge on any atom is 0.260 e. The summed E-state index contributed by atoms with van der Waals surface area (Å²) in [4.78, 5) is 12.2. The molecule has 0 aliphatic heterocycles. The fourth-order valence-corrected chi connectivity index (χ4v) is 2.59. The van der Waals surface area contributed by atoms with Crippen molar-refractivity contribution in [3.05, 3.63) is 59.2 Å². The first-order valence-corrected chi connectivity index (χ1v) is 8.64. The molecule has 0 radical (unpaired) electrons. The fourth-order valence-electron chi connectivity index (χ4n) is 2.59. The Labute approximate surface area is 150 Å². The van der Waals surface area contributed by atoms with Crippen LogP contribution in [-0.2, 0) is 11.2 Å². The molecular weight excluding hydrogens is 314 g/mol. The van der Waals surface area contributed by atoms with Gasteiger partial charge in [0.2, 0.25) is 0 Å². The average Bonchev–Trinajstić information content (AvgIpc) is 2.62. The summed E-state index contributed by atoms with van der Waals surface area (Å²) in [5.41, 5.74) is 3.52. The molecule has 0 saturated heterocycles. The van der Waals surface area contributed by atoms with E-state index in [1.807, 2.05) is 49.4 Å². The van der Waals surface area contributed by atoms with Crippen LogP contribution in [0.3, 0.4) is 0 Å². The van der Waals surface area contributed by atoms with Crippen LogP contribution >= 0.6 is 0 Å². The number of carbonyl (C=O) groups excluding carboxylic acids is 1. The van der Waals surface area contributed by atoms with E-state index >= 15 is 0 Å². The molecule has 0 aromatic heterocycles. The molecule has 0 aliphatic rings. The number of para-hydroxylation sites is 1. The van der Waals surface area contributed by atoms with Gasteiger partial charge in [0, 0.05) is 6.54 Å². The number of benzene rings is 2. The zero-order valence-electron chi connectivity index (χ0n) is 15.5. The molecule has 0 aliphatic carbocycles. The Morgan fingerprint density at radius 3 is 2.60 bits per heavy atom. The smallest absolute Gasteiger partial charge is 0.260 e. The molecular formula is C21H27NO3. The molecule has 4 nitrogen and oxygen atoms in total. The number of hydrogen-bond acceptors (Lipinski definition) is 3. The summed E-state index contributed by atoms with van der Waals surface area (Å²) >= 11 is 0. The normalized spacial score (nSPS) is 11.7. The number of methoxy groups -OCH3 is 1. The second kappa shape index (κ2) is 9.11. The summed E-state index contributed by atoms with van der Waals surface area (Å²) < 4.78 is 11.1. The van der Waals surface area contributed by atoms with Crippen LogP contribution in [0.4, 0.5) is 0 Å². The first kappa shape index (κ1) is 18.8. The van der Waals surface area contributed by atoms with E-state index in [1.54, 1.807) is 14.0 Å². The highest BCUT2D eigenvalue weighted by Gasteiger charge is 2.14. The van der Waals surface area contributed by atoms with Gasteiger partial charge in [0.05, 0.1) is 7.11 Å². The third-order valence-electron chi connectivity index (χ3n) is 4.28. The molecule has 4 heteroatoms. The van der Waals surface area contributed by atoms with Gasteiger partial charge in [0.1, 0.15) is 11.5 Å². The highest BCUT2D eigenvalue weighted by atomic mass is 16.5. The van der Waals surface area contributed by atoms with E-state index in [0.717, 1.165) is 35.5 Å². The minimum absolute atomic E-state index is 0.0988. The molecule has 0 bridgehead atoms. The molecule has 0 heterocycles. The van der Waals surface area contributed by atoms with Crippen LogP contribution in [-0.4, -0.2) is 25.7 Å². The number of aryl methyl sites for hydroxylation is 3. The number of rotatable bonds is 8. The van der Waals surface area contributed by atoms with Crippen molar-refractivity contribution in [3.8, 4) is 11.5 Å². The predicted octanol–water partition coefficient (Wildman–Crippen LogP) is 3.83. The molecule has 2 aromatic carbocycles. The van der Waals surface area contributed by atoms with E-state index in [0.29, 0.717) is 6.54 Å². The maximum atomic E-state index is 12.2. The first-order chi connectivity index (χ1) is 12.0. The van der Waals surface area contributed by atoms with E-state index in [-0.39, 0.29) is 5.91 Å². The van der Waals surface area contributed by atoms with Gasteiger partial charge in [0.15, 0.2) is 6.10 Å².